The first kappa shape index (κ1) is 25.2. The molecule has 1 aliphatic carbocycles. The molecule has 1 aliphatic heterocycles. The first-order chi connectivity index (χ1) is 12.5. The fourth-order valence-corrected chi connectivity index (χ4v) is 5.25. The number of piperidine rings is 1. The van der Waals surface area contributed by atoms with Crippen LogP contribution in [0.4, 0.5) is 0 Å². The summed E-state index contributed by atoms with van der Waals surface area (Å²) in [5.41, 5.74) is 7.54. The fourth-order valence-electron chi connectivity index (χ4n) is 5.25. The Kier molecular flexibility index (Phi) is 10.3. The Balaban J connectivity index is 0.00000196. The highest BCUT2D eigenvalue weighted by Gasteiger charge is 2.37. The molecule has 1 aromatic rings. The zero-order valence-electron chi connectivity index (χ0n) is 17.4. The normalized spacial score (nSPS) is 30.2. The Bertz CT molecular complexity index is 589. The molecule has 1 heterocycles. The van der Waals surface area contributed by atoms with E-state index in [4.69, 9.17) is 5.73 Å². The van der Waals surface area contributed by atoms with Crippen molar-refractivity contribution < 1.29 is 4.79 Å². The molecule has 0 bridgehead atoms. The van der Waals surface area contributed by atoms with E-state index in [2.05, 4.69) is 49.1 Å². The van der Waals surface area contributed by atoms with E-state index >= 15 is 0 Å². The number of halogens is 2. The van der Waals surface area contributed by atoms with Gasteiger partial charge in [0.2, 0.25) is 5.91 Å². The topological polar surface area (TPSA) is 49.6 Å². The smallest absolute Gasteiger partial charge is 0.222 e. The van der Waals surface area contributed by atoms with Crippen LogP contribution in [0.5, 0.6) is 0 Å². The molecule has 0 spiro atoms. The maximum absolute atomic E-state index is 12.9. The zero-order chi connectivity index (χ0) is 18.7. The average molecular weight is 430 g/mol. The van der Waals surface area contributed by atoms with Gasteiger partial charge >= 0.3 is 0 Å². The number of hydrogen-bond donors (Lipinski definition) is 1. The van der Waals surface area contributed by atoms with Crippen LogP contribution in [0.2, 0.25) is 0 Å². The number of benzene rings is 1. The lowest BCUT2D eigenvalue weighted by Gasteiger charge is -2.45. The number of nitrogens with two attached hydrogens (primary N) is 1. The van der Waals surface area contributed by atoms with Gasteiger partial charge in [0.25, 0.3) is 0 Å². The quantitative estimate of drug-likeness (QED) is 0.769. The minimum Gasteiger partial charge on any atom is -0.342 e. The van der Waals surface area contributed by atoms with Crippen LogP contribution < -0.4 is 5.73 Å². The number of carbonyl (C=O) groups excluding carboxylic acids is 1. The molecule has 2 N–H and O–H groups in total. The number of hydrogen-bond acceptors (Lipinski definition) is 3. The first-order valence-corrected chi connectivity index (χ1v) is 10.2. The van der Waals surface area contributed by atoms with Crippen molar-refractivity contribution in [3.05, 3.63) is 35.9 Å². The van der Waals surface area contributed by atoms with Crippen LogP contribution in [0.1, 0.15) is 45.1 Å². The molecule has 4 nitrogen and oxygen atoms in total. The summed E-state index contributed by atoms with van der Waals surface area (Å²) in [5, 5.41) is 0. The summed E-state index contributed by atoms with van der Waals surface area (Å²) in [6, 6.07) is 11.2. The number of nitrogens with zero attached hydrogens (tertiary/aromatic N) is 2. The largest absolute Gasteiger partial charge is 0.342 e. The van der Waals surface area contributed by atoms with Crippen molar-refractivity contribution in [2.75, 3.05) is 20.1 Å². The minimum absolute atomic E-state index is 0. The van der Waals surface area contributed by atoms with E-state index in [9.17, 15) is 4.79 Å². The SMILES string of the molecule is CC1CN(Cc2ccccc2)CC(C)C1N(C)C(=O)C[C@@H]1CCC[C@H]1N.Cl.Cl. The molecular weight excluding hydrogens is 393 g/mol. The van der Waals surface area contributed by atoms with Crippen LogP contribution >= 0.6 is 24.8 Å². The predicted molar refractivity (Wildman–Crippen MR) is 121 cm³/mol. The summed E-state index contributed by atoms with van der Waals surface area (Å²) in [4.78, 5) is 17.4. The minimum atomic E-state index is 0. The van der Waals surface area contributed by atoms with Crippen molar-refractivity contribution in [2.45, 2.75) is 58.2 Å². The van der Waals surface area contributed by atoms with E-state index in [0.29, 0.717) is 30.2 Å². The number of amides is 1. The first-order valence-electron chi connectivity index (χ1n) is 10.2. The summed E-state index contributed by atoms with van der Waals surface area (Å²) in [6.07, 6.45) is 3.99. The van der Waals surface area contributed by atoms with Crippen molar-refractivity contribution in [1.29, 1.82) is 0 Å². The Hall–Kier alpha value is -0.810. The molecule has 2 unspecified atom stereocenters. The van der Waals surface area contributed by atoms with Crippen molar-refractivity contribution >= 4 is 30.7 Å². The molecule has 1 amide bonds. The lowest BCUT2D eigenvalue weighted by molar-refractivity contribution is -0.136. The van der Waals surface area contributed by atoms with Gasteiger partial charge in [-0.3, -0.25) is 9.69 Å². The van der Waals surface area contributed by atoms with E-state index < -0.39 is 0 Å². The molecule has 160 valence electrons. The highest BCUT2D eigenvalue weighted by molar-refractivity contribution is 5.85. The van der Waals surface area contributed by atoms with E-state index in [1.54, 1.807) is 0 Å². The van der Waals surface area contributed by atoms with E-state index in [-0.39, 0.29) is 36.8 Å². The van der Waals surface area contributed by atoms with Gasteiger partial charge in [-0.05, 0) is 36.2 Å². The molecular formula is C22H37Cl2N3O. The molecule has 1 saturated carbocycles. The molecule has 1 aromatic carbocycles. The lowest BCUT2D eigenvalue weighted by Crippen LogP contribution is -2.55. The van der Waals surface area contributed by atoms with E-state index in [0.717, 1.165) is 32.5 Å². The van der Waals surface area contributed by atoms with Crippen molar-refractivity contribution in [1.82, 2.24) is 9.80 Å². The second kappa shape index (κ2) is 11.4. The van der Waals surface area contributed by atoms with Gasteiger partial charge in [-0.25, -0.2) is 0 Å². The summed E-state index contributed by atoms with van der Waals surface area (Å²) in [7, 11) is 2.01. The third-order valence-corrected chi connectivity index (χ3v) is 6.50. The Morgan fingerprint density at radius 3 is 2.25 bits per heavy atom. The molecule has 0 aromatic heterocycles. The maximum Gasteiger partial charge on any atom is 0.222 e. The number of rotatable bonds is 5. The molecule has 2 aliphatic rings. The third kappa shape index (κ3) is 6.09. The van der Waals surface area contributed by atoms with E-state index in [1.165, 1.54) is 12.0 Å². The Morgan fingerprint density at radius 2 is 1.71 bits per heavy atom. The fraction of sp³-hybridized carbons (Fsp3) is 0.682. The van der Waals surface area contributed by atoms with Gasteiger partial charge in [0.05, 0.1) is 0 Å². The highest BCUT2D eigenvalue weighted by atomic mass is 35.5. The summed E-state index contributed by atoms with van der Waals surface area (Å²) >= 11 is 0. The van der Waals surface area contributed by atoms with Crippen LogP contribution in [0.25, 0.3) is 0 Å². The third-order valence-electron chi connectivity index (χ3n) is 6.50. The number of carbonyl (C=O) groups is 1. The van der Waals surface area contributed by atoms with Crippen LogP contribution in [0.15, 0.2) is 30.3 Å². The average Bonchev–Trinajstić information content (AvgIpc) is 3.00. The predicted octanol–water partition coefficient (Wildman–Crippen LogP) is 3.96. The van der Waals surface area contributed by atoms with Crippen LogP contribution in [0, 0.1) is 17.8 Å². The second-order valence-corrected chi connectivity index (χ2v) is 8.69. The van der Waals surface area contributed by atoms with Crippen molar-refractivity contribution in [3.8, 4) is 0 Å². The molecule has 2 fully saturated rings. The van der Waals surface area contributed by atoms with Gasteiger partial charge in [-0.1, -0.05) is 50.6 Å². The molecule has 4 atom stereocenters. The summed E-state index contributed by atoms with van der Waals surface area (Å²) in [6.45, 7) is 7.68. The lowest BCUT2D eigenvalue weighted by atomic mass is 9.84. The van der Waals surface area contributed by atoms with Crippen LogP contribution in [-0.2, 0) is 11.3 Å². The maximum atomic E-state index is 12.9. The van der Waals surface area contributed by atoms with Gasteiger partial charge in [0.15, 0.2) is 0 Å². The van der Waals surface area contributed by atoms with Gasteiger partial charge in [0.1, 0.15) is 0 Å². The zero-order valence-corrected chi connectivity index (χ0v) is 19.1. The summed E-state index contributed by atoms with van der Waals surface area (Å²) in [5.74, 6) is 1.63. The Labute approximate surface area is 183 Å². The number of likely N-dealkylation sites (tertiary alicyclic amines) is 1. The van der Waals surface area contributed by atoms with E-state index in [1.807, 2.05) is 11.9 Å². The van der Waals surface area contributed by atoms with Crippen LogP contribution in [0.3, 0.4) is 0 Å². The van der Waals surface area contributed by atoms with Gasteiger partial charge in [0, 0.05) is 45.2 Å². The van der Waals surface area contributed by atoms with Gasteiger partial charge in [-0.15, -0.1) is 24.8 Å². The Morgan fingerprint density at radius 1 is 1.11 bits per heavy atom. The second-order valence-electron chi connectivity index (χ2n) is 8.69. The molecule has 28 heavy (non-hydrogen) atoms. The van der Waals surface area contributed by atoms with Gasteiger partial charge in [-0.2, -0.15) is 0 Å². The van der Waals surface area contributed by atoms with Gasteiger partial charge < -0.3 is 10.6 Å². The monoisotopic (exact) mass is 429 g/mol. The summed E-state index contributed by atoms with van der Waals surface area (Å²) < 4.78 is 0. The standard InChI is InChI=1S/C22H35N3O.2ClH/c1-16-13-25(15-18-8-5-4-6-9-18)14-17(2)22(16)24(3)21(26)12-19-10-7-11-20(19)23;;/h4-6,8-9,16-17,19-20,22H,7,10-15,23H2,1-3H3;2*1H/t16?,17?,19-,20+,22?;;/m0../s1. The molecule has 1 saturated heterocycles. The van der Waals surface area contributed by atoms with Crippen molar-refractivity contribution in [2.24, 2.45) is 23.5 Å². The van der Waals surface area contributed by atoms with Crippen molar-refractivity contribution in [3.63, 3.8) is 0 Å². The molecule has 0 radical (unpaired) electrons. The van der Waals surface area contributed by atoms with Crippen LogP contribution in [-0.4, -0.2) is 47.9 Å². The molecule has 6 heteroatoms. The molecule has 3 rings (SSSR count). The highest BCUT2D eigenvalue weighted by Crippen LogP contribution is 2.31.